The van der Waals surface area contributed by atoms with Gasteiger partial charge in [0.15, 0.2) is 0 Å². The third-order valence-corrected chi connectivity index (χ3v) is 4.96. The van der Waals surface area contributed by atoms with Gasteiger partial charge < -0.3 is 5.32 Å². The number of nitrogens with one attached hydrogen (secondary N) is 1. The van der Waals surface area contributed by atoms with Crippen molar-refractivity contribution in [2.45, 2.75) is 19.4 Å². The number of hydrogen-bond acceptors (Lipinski definition) is 4. The lowest BCUT2D eigenvalue weighted by atomic mass is 10.1. The smallest absolute Gasteiger partial charge is 0.226 e. The zero-order chi connectivity index (χ0) is 15.4. The topological polar surface area (TPSA) is 42.0 Å². The lowest BCUT2D eigenvalue weighted by Gasteiger charge is -2.13. The van der Waals surface area contributed by atoms with Gasteiger partial charge in [-0.05, 0) is 23.9 Å². The van der Waals surface area contributed by atoms with Crippen molar-refractivity contribution in [2.24, 2.45) is 0 Å². The number of hydrogen-bond donors (Lipinski definition) is 1. The second-order valence-corrected chi connectivity index (χ2v) is 6.67. The molecule has 0 unspecified atom stereocenters. The molecule has 1 amide bonds. The van der Waals surface area contributed by atoms with Gasteiger partial charge in [-0.1, -0.05) is 30.3 Å². The molecule has 0 aliphatic heterocycles. The first-order valence-corrected chi connectivity index (χ1v) is 8.86. The number of amides is 1. The van der Waals surface area contributed by atoms with E-state index in [1.165, 1.54) is 0 Å². The zero-order valence-electron chi connectivity index (χ0n) is 12.2. The van der Waals surface area contributed by atoms with Crippen LogP contribution in [-0.2, 0) is 11.2 Å². The van der Waals surface area contributed by atoms with Crippen LogP contribution in [0.4, 0.5) is 0 Å². The fourth-order valence-corrected chi connectivity index (χ4v) is 3.72. The molecule has 0 saturated carbocycles. The second-order valence-electron chi connectivity index (χ2n) is 5.03. The number of thiazole rings is 1. The first-order valence-electron chi connectivity index (χ1n) is 7.03. The molecule has 1 aromatic carbocycles. The van der Waals surface area contributed by atoms with E-state index in [1.54, 1.807) is 22.7 Å². The van der Waals surface area contributed by atoms with Gasteiger partial charge in [0.1, 0.15) is 5.01 Å². The van der Waals surface area contributed by atoms with Crippen molar-refractivity contribution < 1.29 is 4.79 Å². The Balaban J connectivity index is 1.60. The molecule has 3 nitrogen and oxygen atoms in total. The van der Waals surface area contributed by atoms with Crippen LogP contribution in [0.1, 0.15) is 24.2 Å². The molecule has 0 radical (unpaired) electrons. The maximum atomic E-state index is 12.1. The quantitative estimate of drug-likeness (QED) is 0.759. The van der Waals surface area contributed by atoms with Crippen LogP contribution in [0, 0.1) is 0 Å². The molecule has 1 N–H and O–H groups in total. The Labute approximate surface area is 137 Å². The molecule has 0 spiro atoms. The fourth-order valence-electron chi connectivity index (χ4n) is 2.19. The van der Waals surface area contributed by atoms with Gasteiger partial charge in [0.05, 0.1) is 18.2 Å². The molecule has 0 saturated heterocycles. The predicted octanol–water partition coefficient (Wildman–Crippen LogP) is 4.29. The molecule has 3 aromatic rings. The van der Waals surface area contributed by atoms with Crippen molar-refractivity contribution in [3.8, 4) is 10.6 Å². The lowest BCUT2D eigenvalue weighted by molar-refractivity contribution is -0.121. The van der Waals surface area contributed by atoms with Crippen LogP contribution < -0.4 is 5.32 Å². The molecule has 1 atom stereocenters. The predicted molar refractivity (Wildman–Crippen MR) is 92.1 cm³/mol. The molecular formula is C17H16N2OS2. The van der Waals surface area contributed by atoms with E-state index < -0.39 is 0 Å². The second kappa shape index (κ2) is 6.85. The summed E-state index contributed by atoms with van der Waals surface area (Å²) in [7, 11) is 0. The van der Waals surface area contributed by atoms with Crippen LogP contribution in [0.5, 0.6) is 0 Å². The summed E-state index contributed by atoms with van der Waals surface area (Å²) in [4.78, 5) is 16.7. The van der Waals surface area contributed by atoms with Gasteiger partial charge in [0.2, 0.25) is 5.91 Å². The van der Waals surface area contributed by atoms with E-state index in [2.05, 4.69) is 15.7 Å². The average Bonchev–Trinajstić information content (AvgIpc) is 3.19. The third-order valence-electron chi connectivity index (χ3n) is 3.34. The van der Waals surface area contributed by atoms with Crippen molar-refractivity contribution in [3.63, 3.8) is 0 Å². The van der Waals surface area contributed by atoms with Gasteiger partial charge >= 0.3 is 0 Å². The van der Waals surface area contributed by atoms with Crippen molar-refractivity contribution in [3.05, 3.63) is 63.8 Å². The normalized spacial score (nSPS) is 12.0. The summed E-state index contributed by atoms with van der Waals surface area (Å²) >= 11 is 3.23. The van der Waals surface area contributed by atoms with Crippen LogP contribution in [0.25, 0.3) is 10.6 Å². The summed E-state index contributed by atoms with van der Waals surface area (Å²) < 4.78 is 0. The van der Waals surface area contributed by atoms with E-state index in [-0.39, 0.29) is 11.9 Å². The Hall–Kier alpha value is -1.98. The Morgan fingerprint density at radius 2 is 2.05 bits per heavy atom. The van der Waals surface area contributed by atoms with Crippen molar-refractivity contribution in [2.75, 3.05) is 0 Å². The van der Waals surface area contributed by atoms with Crippen LogP contribution in [0.2, 0.25) is 0 Å². The zero-order valence-corrected chi connectivity index (χ0v) is 13.8. The molecule has 5 heteroatoms. The minimum atomic E-state index is -0.00137. The van der Waals surface area contributed by atoms with Crippen LogP contribution >= 0.6 is 22.7 Å². The monoisotopic (exact) mass is 328 g/mol. The summed E-state index contributed by atoms with van der Waals surface area (Å²) in [5.74, 6) is -0.00137. The number of carbonyl (C=O) groups is 1. The van der Waals surface area contributed by atoms with Gasteiger partial charge in [0, 0.05) is 16.3 Å². The van der Waals surface area contributed by atoms with E-state index in [9.17, 15) is 4.79 Å². The van der Waals surface area contributed by atoms with Gasteiger partial charge in [0.25, 0.3) is 0 Å². The highest BCUT2D eigenvalue weighted by Crippen LogP contribution is 2.25. The Bertz CT molecular complexity index is 735. The molecule has 22 heavy (non-hydrogen) atoms. The number of aromatic nitrogens is 1. The number of thiophene rings is 1. The van der Waals surface area contributed by atoms with Crippen LogP contribution in [0.3, 0.4) is 0 Å². The van der Waals surface area contributed by atoms with E-state index in [0.717, 1.165) is 21.8 Å². The molecule has 3 rings (SSSR count). The Morgan fingerprint density at radius 1 is 1.23 bits per heavy atom. The van der Waals surface area contributed by atoms with Gasteiger partial charge in [-0.25, -0.2) is 4.98 Å². The summed E-state index contributed by atoms with van der Waals surface area (Å²) in [5.41, 5.74) is 3.05. The van der Waals surface area contributed by atoms with Crippen molar-refractivity contribution in [1.29, 1.82) is 0 Å². The minimum Gasteiger partial charge on any atom is -0.349 e. The van der Waals surface area contributed by atoms with Gasteiger partial charge in [-0.3, -0.25) is 4.79 Å². The maximum Gasteiger partial charge on any atom is 0.226 e. The van der Waals surface area contributed by atoms with E-state index in [4.69, 9.17) is 0 Å². The number of benzene rings is 1. The summed E-state index contributed by atoms with van der Waals surface area (Å²) in [5, 5.41) is 10.0. The standard InChI is InChI=1S/C17H16N2OS2/c1-12(13-5-3-2-4-6-13)18-16(20)9-15-11-22-17(19-15)14-7-8-21-10-14/h2-8,10-12H,9H2,1H3,(H,18,20)/t12-/m1/s1. The van der Waals surface area contributed by atoms with Crippen molar-refractivity contribution in [1.82, 2.24) is 10.3 Å². The molecule has 0 bridgehead atoms. The average molecular weight is 328 g/mol. The fraction of sp³-hybridized carbons (Fsp3) is 0.176. The highest BCUT2D eigenvalue weighted by molar-refractivity contribution is 7.14. The van der Waals surface area contributed by atoms with E-state index in [0.29, 0.717) is 6.42 Å². The van der Waals surface area contributed by atoms with Crippen LogP contribution in [0.15, 0.2) is 52.5 Å². The number of nitrogens with zero attached hydrogens (tertiary/aromatic N) is 1. The number of rotatable bonds is 5. The Morgan fingerprint density at radius 3 is 2.77 bits per heavy atom. The Kier molecular flexibility index (Phi) is 4.65. The summed E-state index contributed by atoms with van der Waals surface area (Å²) in [6.45, 7) is 1.99. The third kappa shape index (κ3) is 3.61. The molecule has 2 aromatic heterocycles. The molecule has 0 aliphatic carbocycles. The number of carbonyl (C=O) groups excluding carboxylic acids is 1. The summed E-state index contributed by atoms with van der Waals surface area (Å²) in [6.07, 6.45) is 0.317. The molecule has 0 fully saturated rings. The molecular weight excluding hydrogens is 312 g/mol. The minimum absolute atomic E-state index is 0.00137. The molecule has 0 aliphatic rings. The van der Waals surface area contributed by atoms with Crippen molar-refractivity contribution >= 4 is 28.6 Å². The van der Waals surface area contributed by atoms with Gasteiger partial charge in [-0.15, -0.1) is 11.3 Å². The van der Waals surface area contributed by atoms with E-state index >= 15 is 0 Å². The first-order chi connectivity index (χ1) is 10.7. The highest BCUT2D eigenvalue weighted by atomic mass is 32.1. The SMILES string of the molecule is C[C@@H](NC(=O)Cc1csc(-c2ccsc2)n1)c1ccccc1. The molecule has 112 valence electrons. The van der Waals surface area contributed by atoms with Gasteiger partial charge in [-0.2, -0.15) is 11.3 Å². The molecule has 2 heterocycles. The lowest BCUT2D eigenvalue weighted by Crippen LogP contribution is -2.28. The first kappa shape index (κ1) is 14.9. The van der Waals surface area contributed by atoms with E-state index in [1.807, 2.05) is 54.1 Å². The van der Waals surface area contributed by atoms with Crippen LogP contribution in [-0.4, -0.2) is 10.9 Å². The largest absolute Gasteiger partial charge is 0.349 e. The highest BCUT2D eigenvalue weighted by Gasteiger charge is 2.12. The summed E-state index contributed by atoms with van der Waals surface area (Å²) in [6, 6.07) is 12.0. The maximum absolute atomic E-state index is 12.1.